The first-order valence-corrected chi connectivity index (χ1v) is 9.91. The van der Waals surface area contributed by atoms with Crippen LogP contribution in [0.15, 0.2) is 24.3 Å². The summed E-state index contributed by atoms with van der Waals surface area (Å²) < 4.78 is 0. The van der Waals surface area contributed by atoms with Gasteiger partial charge in [0, 0.05) is 17.0 Å². The molecule has 0 aliphatic rings. The van der Waals surface area contributed by atoms with E-state index in [1.807, 2.05) is 45.9 Å². The smallest absolute Gasteiger partial charge is 0.234 e. The van der Waals surface area contributed by atoms with Crippen LogP contribution in [0.1, 0.15) is 50.7 Å². The normalized spacial score (nSPS) is 10.7. The van der Waals surface area contributed by atoms with Crippen LogP contribution in [0.2, 0.25) is 0 Å². The highest BCUT2D eigenvalue weighted by molar-refractivity contribution is 7.99. The van der Waals surface area contributed by atoms with Crippen molar-refractivity contribution in [1.29, 1.82) is 0 Å². The van der Waals surface area contributed by atoms with Crippen molar-refractivity contribution >= 4 is 29.1 Å². The molecule has 26 heavy (non-hydrogen) atoms. The maximum Gasteiger partial charge on any atom is 0.234 e. The summed E-state index contributed by atoms with van der Waals surface area (Å²) in [5.74, 6) is 1.20. The summed E-state index contributed by atoms with van der Waals surface area (Å²) in [6.07, 6.45) is 0. The first-order chi connectivity index (χ1) is 12.2. The Morgan fingerprint density at radius 3 is 2.31 bits per heavy atom. The number of hydrogen-bond acceptors (Lipinski definition) is 3. The molecule has 2 rings (SSSR count). The highest BCUT2D eigenvalue weighted by Crippen LogP contribution is 2.26. The van der Waals surface area contributed by atoms with Crippen LogP contribution in [0.4, 0.5) is 5.69 Å². The van der Waals surface area contributed by atoms with Crippen LogP contribution in [-0.4, -0.2) is 17.4 Å². The van der Waals surface area contributed by atoms with E-state index in [1.165, 1.54) is 5.56 Å². The fraction of sp³-hybridized carbons (Fsp3) is 0.364. The van der Waals surface area contributed by atoms with Gasteiger partial charge in [-0.1, -0.05) is 18.2 Å². The van der Waals surface area contributed by atoms with E-state index < -0.39 is 0 Å². The van der Waals surface area contributed by atoms with Crippen molar-refractivity contribution in [3.8, 4) is 0 Å². The van der Waals surface area contributed by atoms with Gasteiger partial charge in [-0.2, -0.15) is 0 Å². The fourth-order valence-electron chi connectivity index (χ4n) is 3.29. The molecule has 138 valence electrons. The summed E-state index contributed by atoms with van der Waals surface area (Å²) in [5, 5.41) is 2.99. The summed E-state index contributed by atoms with van der Waals surface area (Å²) in [6.45, 7) is 11.7. The first-order valence-electron chi connectivity index (χ1n) is 8.76. The van der Waals surface area contributed by atoms with Crippen LogP contribution < -0.4 is 5.32 Å². The van der Waals surface area contributed by atoms with Gasteiger partial charge in [0.15, 0.2) is 5.78 Å². The Kier molecular flexibility index (Phi) is 6.65. The second-order valence-electron chi connectivity index (χ2n) is 6.90. The maximum atomic E-state index is 12.3. The molecule has 0 atom stereocenters. The summed E-state index contributed by atoms with van der Waals surface area (Å²) in [4.78, 5) is 24.2. The molecule has 0 spiro atoms. The second-order valence-corrected chi connectivity index (χ2v) is 7.89. The number of anilines is 1. The molecule has 4 heteroatoms. The highest BCUT2D eigenvalue weighted by atomic mass is 32.2. The third-order valence-corrected chi connectivity index (χ3v) is 5.59. The molecular weight excluding hydrogens is 342 g/mol. The van der Waals surface area contributed by atoms with Gasteiger partial charge in [0.05, 0.1) is 5.75 Å². The molecule has 2 aromatic carbocycles. The molecule has 0 radical (unpaired) electrons. The Hall–Kier alpha value is -2.07. The topological polar surface area (TPSA) is 46.2 Å². The SMILES string of the molecule is CC(=O)c1c(C)cc(C)c(CSCC(=O)Nc2cc(C)ccc2C)c1C. The molecule has 3 nitrogen and oxygen atoms in total. The van der Waals surface area contributed by atoms with Crippen LogP contribution in [-0.2, 0) is 10.5 Å². The summed E-state index contributed by atoms with van der Waals surface area (Å²) in [6, 6.07) is 8.11. The Labute approximate surface area is 160 Å². The van der Waals surface area contributed by atoms with Crippen molar-refractivity contribution in [3.63, 3.8) is 0 Å². The minimum Gasteiger partial charge on any atom is -0.325 e. The van der Waals surface area contributed by atoms with Crippen molar-refractivity contribution in [2.75, 3.05) is 11.1 Å². The number of hydrogen-bond donors (Lipinski definition) is 1. The molecule has 0 aliphatic heterocycles. The van der Waals surface area contributed by atoms with E-state index in [2.05, 4.69) is 18.3 Å². The van der Waals surface area contributed by atoms with Gasteiger partial charge in [-0.15, -0.1) is 11.8 Å². The van der Waals surface area contributed by atoms with E-state index in [9.17, 15) is 9.59 Å². The second kappa shape index (κ2) is 8.54. The molecule has 0 fully saturated rings. The minimum absolute atomic E-state index is 0.00194. The highest BCUT2D eigenvalue weighted by Gasteiger charge is 2.15. The molecular formula is C22H27NO2S. The summed E-state index contributed by atoms with van der Waals surface area (Å²) in [7, 11) is 0. The Balaban J connectivity index is 2.04. The number of amides is 1. The molecule has 2 aromatic rings. The number of ketones is 1. The van der Waals surface area contributed by atoms with Crippen molar-refractivity contribution < 1.29 is 9.59 Å². The van der Waals surface area contributed by atoms with E-state index in [0.717, 1.165) is 44.8 Å². The predicted octanol–water partition coefficient (Wildman–Crippen LogP) is 5.30. The first kappa shape index (κ1) is 20.2. The molecule has 0 saturated heterocycles. The molecule has 0 aliphatic carbocycles. The molecule has 0 heterocycles. The van der Waals surface area contributed by atoms with Gasteiger partial charge in [-0.05, 0) is 81.0 Å². The van der Waals surface area contributed by atoms with Crippen LogP contribution in [0, 0.1) is 34.6 Å². The van der Waals surface area contributed by atoms with Crippen molar-refractivity contribution in [3.05, 3.63) is 63.2 Å². The van der Waals surface area contributed by atoms with Gasteiger partial charge >= 0.3 is 0 Å². The average Bonchev–Trinajstić information content (AvgIpc) is 2.53. The number of carbonyl (C=O) groups excluding carboxylic acids is 2. The predicted molar refractivity (Wildman–Crippen MR) is 111 cm³/mol. The average molecular weight is 370 g/mol. The van der Waals surface area contributed by atoms with Gasteiger partial charge in [0.2, 0.25) is 5.91 Å². The van der Waals surface area contributed by atoms with E-state index in [1.54, 1.807) is 18.7 Å². The van der Waals surface area contributed by atoms with Crippen LogP contribution >= 0.6 is 11.8 Å². The lowest BCUT2D eigenvalue weighted by Gasteiger charge is -2.16. The minimum atomic E-state index is -0.00194. The van der Waals surface area contributed by atoms with Crippen molar-refractivity contribution in [1.82, 2.24) is 0 Å². The lowest BCUT2D eigenvalue weighted by atomic mass is 9.92. The number of thioether (sulfide) groups is 1. The molecule has 0 aromatic heterocycles. The van der Waals surface area contributed by atoms with E-state index >= 15 is 0 Å². The van der Waals surface area contributed by atoms with Gasteiger partial charge in [0.25, 0.3) is 0 Å². The zero-order valence-corrected chi connectivity index (χ0v) is 17.3. The number of Topliss-reactive ketones (excluding diaryl/α,β-unsaturated/α-hetero) is 1. The third-order valence-electron chi connectivity index (χ3n) is 4.63. The molecule has 0 saturated carbocycles. The van der Waals surface area contributed by atoms with Crippen molar-refractivity contribution in [2.24, 2.45) is 0 Å². The maximum absolute atomic E-state index is 12.3. The Morgan fingerprint density at radius 1 is 0.962 bits per heavy atom. The van der Waals surface area contributed by atoms with Gasteiger partial charge in [-0.25, -0.2) is 0 Å². The number of benzene rings is 2. The molecule has 0 bridgehead atoms. The zero-order chi connectivity index (χ0) is 19.4. The molecule has 1 N–H and O–H groups in total. The quantitative estimate of drug-likeness (QED) is 0.703. The van der Waals surface area contributed by atoms with E-state index in [0.29, 0.717) is 5.75 Å². The fourth-order valence-corrected chi connectivity index (χ4v) is 4.30. The van der Waals surface area contributed by atoms with Crippen molar-refractivity contribution in [2.45, 2.75) is 47.3 Å². The molecule has 1 amide bonds. The summed E-state index contributed by atoms with van der Waals surface area (Å²) in [5.41, 5.74) is 8.26. The van der Waals surface area contributed by atoms with E-state index in [-0.39, 0.29) is 11.7 Å². The Morgan fingerprint density at radius 2 is 1.65 bits per heavy atom. The largest absolute Gasteiger partial charge is 0.325 e. The van der Waals surface area contributed by atoms with Gasteiger partial charge in [-0.3, -0.25) is 9.59 Å². The summed E-state index contributed by atoms with van der Waals surface area (Å²) >= 11 is 1.58. The lowest BCUT2D eigenvalue weighted by molar-refractivity contribution is -0.113. The number of aryl methyl sites for hydroxylation is 4. The standard InChI is InChI=1S/C22H27NO2S/c1-13-7-8-14(2)20(9-13)23-21(25)12-26-11-19-15(3)10-16(4)22(17(19)5)18(6)24/h7-10H,11-12H2,1-6H3,(H,23,25). The number of carbonyl (C=O) groups is 2. The third kappa shape index (κ3) is 4.76. The van der Waals surface area contributed by atoms with E-state index in [4.69, 9.17) is 0 Å². The number of nitrogens with one attached hydrogen (secondary N) is 1. The van der Waals surface area contributed by atoms with Gasteiger partial charge in [0.1, 0.15) is 0 Å². The molecule has 0 unspecified atom stereocenters. The lowest BCUT2D eigenvalue weighted by Crippen LogP contribution is -2.15. The van der Waals surface area contributed by atoms with Crippen LogP contribution in [0.25, 0.3) is 0 Å². The van der Waals surface area contributed by atoms with Crippen LogP contribution in [0.3, 0.4) is 0 Å². The van der Waals surface area contributed by atoms with Crippen LogP contribution in [0.5, 0.6) is 0 Å². The monoisotopic (exact) mass is 369 g/mol. The Bertz CT molecular complexity index is 856. The number of rotatable bonds is 6. The zero-order valence-electron chi connectivity index (χ0n) is 16.4. The van der Waals surface area contributed by atoms with Gasteiger partial charge < -0.3 is 5.32 Å².